The molecule has 3 aromatic rings. The van der Waals surface area contributed by atoms with E-state index in [4.69, 9.17) is 0 Å². The quantitative estimate of drug-likeness (QED) is 0.319. The fraction of sp³-hybridized carbons (Fsp3) is 0.484. The average molecular weight is 517 g/mol. The van der Waals surface area contributed by atoms with Crippen LogP contribution in [0.25, 0.3) is 10.9 Å². The Kier molecular flexibility index (Phi) is 8.45. The van der Waals surface area contributed by atoms with Gasteiger partial charge in [-0.1, -0.05) is 56.5 Å². The second kappa shape index (κ2) is 12.1. The molecule has 2 fully saturated rings. The first kappa shape index (κ1) is 26.4. The van der Waals surface area contributed by atoms with Gasteiger partial charge < -0.3 is 25.6 Å². The molecule has 202 valence electrons. The molecule has 1 saturated heterocycles. The van der Waals surface area contributed by atoms with E-state index >= 15 is 0 Å². The predicted octanol–water partition coefficient (Wildman–Crippen LogP) is 4.48. The number of amides is 2. The van der Waals surface area contributed by atoms with Crippen molar-refractivity contribution in [1.29, 1.82) is 0 Å². The van der Waals surface area contributed by atoms with Gasteiger partial charge >= 0.3 is 0 Å². The molecule has 1 aromatic heterocycles. The van der Waals surface area contributed by atoms with Crippen molar-refractivity contribution >= 4 is 28.4 Å². The van der Waals surface area contributed by atoms with Gasteiger partial charge in [-0.3, -0.25) is 9.59 Å². The van der Waals surface area contributed by atoms with Gasteiger partial charge in [-0.15, -0.1) is 0 Å². The smallest absolute Gasteiger partial charge is 0.251 e. The Morgan fingerprint density at radius 3 is 2.63 bits per heavy atom. The van der Waals surface area contributed by atoms with Crippen LogP contribution in [-0.4, -0.2) is 53.2 Å². The molecule has 0 radical (unpaired) electrons. The van der Waals surface area contributed by atoms with E-state index in [2.05, 4.69) is 22.5 Å². The van der Waals surface area contributed by atoms with Crippen LogP contribution >= 0.6 is 0 Å². The molecular weight excluding hydrogens is 476 g/mol. The zero-order valence-corrected chi connectivity index (χ0v) is 22.3. The third-order valence-electron chi connectivity index (χ3n) is 8.16. The second-order valence-corrected chi connectivity index (χ2v) is 10.8. The SMILES string of the molecule is CCc1c[nH]c2c(N3CCCC3=O)cc(C(=O)N[C@@H](Cc3ccccc3)[C@@H](O)CNC3CCCCC3)cc12. The van der Waals surface area contributed by atoms with Gasteiger partial charge in [0.2, 0.25) is 5.91 Å². The molecule has 7 heteroatoms. The second-order valence-electron chi connectivity index (χ2n) is 10.8. The minimum Gasteiger partial charge on any atom is -0.390 e. The first-order valence-corrected chi connectivity index (χ1v) is 14.2. The summed E-state index contributed by atoms with van der Waals surface area (Å²) in [6, 6.07) is 13.7. The van der Waals surface area contributed by atoms with E-state index in [-0.39, 0.29) is 11.8 Å². The van der Waals surface area contributed by atoms with E-state index in [1.54, 1.807) is 4.90 Å². The summed E-state index contributed by atoms with van der Waals surface area (Å²) in [7, 11) is 0. The van der Waals surface area contributed by atoms with Crippen molar-refractivity contribution < 1.29 is 14.7 Å². The summed E-state index contributed by atoms with van der Waals surface area (Å²) in [6.45, 7) is 3.18. The van der Waals surface area contributed by atoms with Crippen LogP contribution in [0.4, 0.5) is 5.69 Å². The summed E-state index contributed by atoms with van der Waals surface area (Å²) in [6.07, 6.45) is 9.93. The monoisotopic (exact) mass is 516 g/mol. The van der Waals surface area contributed by atoms with Crippen molar-refractivity contribution in [3.8, 4) is 0 Å². The van der Waals surface area contributed by atoms with Crippen LogP contribution < -0.4 is 15.5 Å². The molecule has 1 aliphatic carbocycles. The van der Waals surface area contributed by atoms with Crippen molar-refractivity contribution in [2.75, 3.05) is 18.0 Å². The first-order chi connectivity index (χ1) is 18.5. The number of aliphatic hydroxyl groups excluding tert-OH is 1. The molecular formula is C31H40N4O3. The van der Waals surface area contributed by atoms with Crippen LogP contribution in [0.1, 0.15) is 73.4 Å². The van der Waals surface area contributed by atoms with Crippen LogP contribution in [0.3, 0.4) is 0 Å². The van der Waals surface area contributed by atoms with Gasteiger partial charge in [0.15, 0.2) is 0 Å². The van der Waals surface area contributed by atoms with Gasteiger partial charge in [0.05, 0.1) is 23.3 Å². The third kappa shape index (κ3) is 5.94. The van der Waals surface area contributed by atoms with Crippen LogP contribution in [0.2, 0.25) is 0 Å². The van der Waals surface area contributed by atoms with Crippen molar-refractivity contribution in [3.63, 3.8) is 0 Å². The normalized spacial score (nSPS) is 18.2. The fourth-order valence-electron chi connectivity index (χ4n) is 5.95. The number of rotatable bonds is 10. The molecule has 2 heterocycles. The maximum Gasteiger partial charge on any atom is 0.251 e. The van der Waals surface area contributed by atoms with E-state index < -0.39 is 12.1 Å². The highest BCUT2D eigenvalue weighted by Gasteiger charge is 2.28. The number of carbonyl (C=O) groups excluding carboxylic acids is 2. The molecule has 38 heavy (non-hydrogen) atoms. The fourth-order valence-corrected chi connectivity index (χ4v) is 5.95. The summed E-state index contributed by atoms with van der Waals surface area (Å²) < 4.78 is 0. The van der Waals surface area contributed by atoms with Crippen molar-refractivity contribution in [1.82, 2.24) is 15.6 Å². The lowest BCUT2D eigenvalue weighted by Gasteiger charge is -2.28. The van der Waals surface area contributed by atoms with E-state index in [0.29, 0.717) is 37.5 Å². The summed E-state index contributed by atoms with van der Waals surface area (Å²) in [4.78, 5) is 31.5. The predicted molar refractivity (Wildman–Crippen MR) is 152 cm³/mol. The summed E-state index contributed by atoms with van der Waals surface area (Å²) in [5.74, 6) is -0.150. The highest BCUT2D eigenvalue weighted by molar-refractivity contribution is 6.08. The maximum absolute atomic E-state index is 13.7. The highest BCUT2D eigenvalue weighted by Crippen LogP contribution is 2.33. The Balaban J connectivity index is 1.40. The van der Waals surface area contributed by atoms with Gasteiger partial charge in [0.1, 0.15) is 0 Å². The van der Waals surface area contributed by atoms with Gasteiger partial charge in [-0.05, 0) is 55.4 Å². The van der Waals surface area contributed by atoms with Gasteiger partial charge in [-0.2, -0.15) is 0 Å². The number of hydrogen-bond acceptors (Lipinski definition) is 4. The summed E-state index contributed by atoms with van der Waals surface area (Å²) in [5, 5.41) is 18.9. The highest BCUT2D eigenvalue weighted by atomic mass is 16.3. The number of nitrogens with zero attached hydrogens (tertiary/aromatic N) is 1. The van der Waals surface area contributed by atoms with Crippen molar-refractivity contribution in [2.24, 2.45) is 0 Å². The van der Waals surface area contributed by atoms with Crippen molar-refractivity contribution in [2.45, 2.75) is 82.9 Å². The van der Waals surface area contributed by atoms with Crippen LogP contribution in [0.5, 0.6) is 0 Å². The van der Waals surface area contributed by atoms with Gasteiger partial charge in [0, 0.05) is 42.7 Å². The zero-order valence-electron chi connectivity index (χ0n) is 22.3. The minimum absolute atomic E-state index is 0.0858. The van der Waals surface area contributed by atoms with Crippen LogP contribution in [0.15, 0.2) is 48.7 Å². The Bertz CT molecular complexity index is 1250. The lowest BCUT2D eigenvalue weighted by atomic mass is 9.94. The molecule has 5 rings (SSSR count). The largest absolute Gasteiger partial charge is 0.390 e. The number of carbonyl (C=O) groups is 2. The van der Waals surface area contributed by atoms with Crippen molar-refractivity contribution in [3.05, 3.63) is 65.4 Å². The standard InChI is InChI=1S/C31H40N4O3/c1-2-22-19-33-30-25(22)17-23(18-27(30)35-15-9-14-29(35)37)31(38)34-26(16-21-10-5-3-6-11-21)28(36)20-32-24-12-7-4-8-13-24/h3,5-6,10-11,17-19,24,26,28,32-33,36H,2,4,7-9,12-16,20H2,1H3,(H,34,38)/t26-,28-/m0/s1. The molecule has 4 N–H and O–H groups in total. The number of aliphatic hydroxyl groups is 1. The van der Waals surface area contributed by atoms with E-state index in [0.717, 1.165) is 53.4 Å². The lowest BCUT2D eigenvalue weighted by molar-refractivity contribution is -0.117. The number of hydrogen-bond donors (Lipinski definition) is 4. The minimum atomic E-state index is -0.733. The van der Waals surface area contributed by atoms with Crippen LogP contribution in [0, 0.1) is 0 Å². The summed E-state index contributed by atoms with van der Waals surface area (Å²) in [5.41, 5.74) is 4.33. The number of anilines is 1. The Hall–Kier alpha value is -3.16. The Morgan fingerprint density at radius 1 is 1.13 bits per heavy atom. The van der Waals surface area contributed by atoms with E-state index in [9.17, 15) is 14.7 Å². The third-order valence-corrected chi connectivity index (χ3v) is 8.16. The van der Waals surface area contributed by atoms with E-state index in [1.165, 1.54) is 19.3 Å². The number of aryl methyl sites for hydroxylation is 1. The maximum atomic E-state index is 13.7. The molecule has 2 amide bonds. The number of H-pyrrole nitrogens is 1. The van der Waals surface area contributed by atoms with E-state index in [1.807, 2.05) is 48.7 Å². The lowest BCUT2D eigenvalue weighted by Crippen LogP contribution is -2.50. The van der Waals surface area contributed by atoms with Gasteiger partial charge in [0.25, 0.3) is 5.91 Å². The topological polar surface area (TPSA) is 97.5 Å². The number of nitrogens with one attached hydrogen (secondary N) is 3. The molecule has 0 unspecified atom stereocenters. The first-order valence-electron chi connectivity index (χ1n) is 14.2. The molecule has 1 saturated carbocycles. The molecule has 0 bridgehead atoms. The molecule has 1 aliphatic heterocycles. The van der Waals surface area contributed by atoms with Gasteiger partial charge in [-0.25, -0.2) is 0 Å². The molecule has 2 aromatic carbocycles. The average Bonchev–Trinajstić information content (AvgIpc) is 3.57. The number of benzene rings is 2. The zero-order chi connectivity index (χ0) is 26.5. The molecule has 0 spiro atoms. The summed E-state index contributed by atoms with van der Waals surface area (Å²) >= 11 is 0. The Labute approximate surface area is 225 Å². The number of aromatic amines is 1. The molecule has 2 aliphatic rings. The molecule has 2 atom stereocenters. The number of fused-ring (bicyclic) bond motifs is 1. The molecule has 7 nitrogen and oxygen atoms in total. The van der Waals surface area contributed by atoms with Crippen LogP contribution in [-0.2, 0) is 17.6 Å². The number of aromatic nitrogens is 1. The Morgan fingerprint density at radius 2 is 1.92 bits per heavy atom.